The van der Waals surface area contributed by atoms with Crippen LogP contribution in [0.2, 0.25) is 0 Å². The van der Waals surface area contributed by atoms with Crippen LogP contribution in [0.15, 0.2) is 24.3 Å². The highest BCUT2D eigenvalue weighted by Crippen LogP contribution is 2.49. The molecule has 27 heavy (non-hydrogen) atoms. The number of piperazine rings is 1. The van der Waals surface area contributed by atoms with Crippen LogP contribution in [-0.2, 0) is 4.79 Å². The Morgan fingerprint density at radius 1 is 0.963 bits per heavy atom. The minimum atomic E-state index is -0.220. The Kier molecular flexibility index (Phi) is 5.32. The molecule has 6 heteroatoms. The molecule has 2 atom stereocenters. The number of hydrogen-bond donors (Lipinski definition) is 1. The van der Waals surface area contributed by atoms with E-state index in [0.717, 1.165) is 19.3 Å². The van der Waals surface area contributed by atoms with E-state index in [1.54, 1.807) is 12.1 Å². The Morgan fingerprint density at radius 3 is 2.33 bits per heavy atom. The number of rotatable bonds is 3. The van der Waals surface area contributed by atoms with Crippen LogP contribution in [0.4, 0.5) is 9.18 Å². The zero-order valence-corrected chi connectivity index (χ0v) is 15.7. The van der Waals surface area contributed by atoms with Gasteiger partial charge in [0.1, 0.15) is 5.82 Å². The van der Waals surface area contributed by atoms with Gasteiger partial charge in [0.05, 0.1) is 0 Å². The van der Waals surface area contributed by atoms with Crippen molar-refractivity contribution in [2.45, 2.75) is 50.5 Å². The Bertz CT molecular complexity index is 696. The van der Waals surface area contributed by atoms with Crippen molar-refractivity contribution in [3.63, 3.8) is 0 Å². The summed E-state index contributed by atoms with van der Waals surface area (Å²) in [5.41, 5.74) is 0.654. The Hall–Kier alpha value is -2.11. The fourth-order valence-electron chi connectivity index (χ4n) is 4.46. The van der Waals surface area contributed by atoms with Crippen molar-refractivity contribution in [2.24, 2.45) is 5.92 Å². The van der Waals surface area contributed by atoms with Gasteiger partial charge in [0.15, 0.2) is 0 Å². The molecule has 1 N–H and O–H groups in total. The Morgan fingerprint density at radius 2 is 1.63 bits per heavy atom. The highest BCUT2D eigenvalue weighted by Gasteiger charge is 2.47. The van der Waals surface area contributed by atoms with Gasteiger partial charge in [-0.3, -0.25) is 4.79 Å². The van der Waals surface area contributed by atoms with Crippen molar-refractivity contribution in [3.05, 3.63) is 35.6 Å². The molecule has 1 aromatic carbocycles. The molecule has 1 heterocycles. The predicted octanol–water partition coefficient (Wildman–Crippen LogP) is 3.12. The molecule has 1 aliphatic heterocycles. The minimum absolute atomic E-state index is 0.00431. The van der Waals surface area contributed by atoms with Gasteiger partial charge in [-0.2, -0.15) is 0 Å². The summed E-state index contributed by atoms with van der Waals surface area (Å²) in [7, 11) is 0. The molecule has 0 radical (unpaired) electrons. The van der Waals surface area contributed by atoms with Crippen LogP contribution in [0, 0.1) is 11.7 Å². The molecular formula is C21H28FN3O2. The fourth-order valence-corrected chi connectivity index (χ4v) is 4.46. The second kappa shape index (κ2) is 7.87. The average molecular weight is 373 g/mol. The van der Waals surface area contributed by atoms with E-state index in [4.69, 9.17) is 0 Å². The number of carbonyl (C=O) groups excluding carboxylic acids is 2. The quantitative estimate of drug-likeness (QED) is 0.885. The van der Waals surface area contributed by atoms with E-state index in [9.17, 15) is 14.0 Å². The van der Waals surface area contributed by atoms with Gasteiger partial charge in [0.2, 0.25) is 5.91 Å². The summed E-state index contributed by atoms with van der Waals surface area (Å²) in [5.74, 6) is -0.214. The number of nitrogens with one attached hydrogen (secondary N) is 1. The molecule has 1 saturated heterocycles. The zero-order chi connectivity index (χ0) is 18.8. The summed E-state index contributed by atoms with van der Waals surface area (Å²) in [5, 5.41) is 3.14. The van der Waals surface area contributed by atoms with Gasteiger partial charge in [-0.05, 0) is 36.8 Å². The lowest BCUT2D eigenvalue weighted by atomic mass is 9.96. The van der Waals surface area contributed by atoms with Gasteiger partial charge in [-0.25, -0.2) is 9.18 Å². The van der Waals surface area contributed by atoms with Gasteiger partial charge in [-0.1, -0.05) is 37.5 Å². The van der Waals surface area contributed by atoms with Gasteiger partial charge in [-0.15, -0.1) is 0 Å². The van der Waals surface area contributed by atoms with Gasteiger partial charge < -0.3 is 15.1 Å². The molecule has 3 fully saturated rings. The number of amides is 3. The predicted molar refractivity (Wildman–Crippen MR) is 101 cm³/mol. The molecule has 4 rings (SSSR count). The smallest absolute Gasteiger partial charge is 0.317 e. The monoisotopic (exact) mass is 373 g/mol. The molecular weight excluding hydrogens is 345 g/mol. The Labute approximate surface area is 159 Å². The second-order valence-electron chi connectivity index (χ2n) is 8.07. The average Bonchev–Trinajstić information content (AvgIpc) is 3.49. The van der Waals surface area contributed by atoms with Crippen molar-refractivity contribution in [2.75, 3.05) is 26.2 Å². The lowest BCUT2D eigenvalue weighted by Crippen LogP contribution is -2.55. The molecule has 3 amide bonds. The number of hydrogen-bond acceptors (Lipinski definition) is 2. The molecule has 2 saturated carbocycles. The van der Waals surface area contributed by atoms with Crippen LogP contribution in [0.3, 0.4) is 0 Å². The minimum Gasteiger partial charge on any atom is -0.339 e. The Balaban J connectivity index is 1.25. The first kappa shape index (κ1) is 18.3. The third kappa shape index (κ3) is 4.09. The number of halogens is 1. The number of carbonyl (C=O) groups is 2. The van der Waals surface area contributed by atoms with Crippen molar-refractivity contribution in [1.29, 1.82) is 0 Å². The van der Waals surface area contributed by atoms with Crippen LogP contribution in [0.5, 0.6) is 0 Å². The first-order chi connectivity index (χ1) is 13.1. The normalized spacial score (nSPS) is 26.0. The van der Waals surface area contributed by atoms with Crippen molar-refractivity contribution in [3.8, 4) is 0 Å². The largest absolute Gasteiger partial charge is 0.339 e. The highest BCUT2D eigenvalue weighted by atomic mass is 19.1. The van der Waals surface area contributed by atoms with E-state index in [1.807, 2.05) is 15.9 Å². The van der Waals surface area contributed by atoms with Gasteiger partial charge in [0, 0.05) is 38.1 Å². The molecule has 146 valence electrons. The maximum atomic E-state index is 13.9. The molecule has 3 aliphatic rings. The van der Waals surface area contributed by atoms with Gasteiger partial charge in [0.25, 0.3) is 0 Å². The van der Waals surface area contributed by atoms with E-state index < -0.39 is 0 Å². The molecule has 2 aliphatic carbocycles. The third-order valence-corrected chi connectivity index (χ3v) is 6.22. The summed E-state index contributed by atoms with van der Waals surface area (Å²) in [6.45, 7) is 2.28. The van der Waals surface area contributed by atoms with Crippen LogP contribution < -0.4 is 5.32 Å². The van der Waals surface area contributed by atoms with E-state index in [-0.39, 0.29) is 29.6 Å². The SMILES string of the molecule is O=C(NC1CCCCC1)N1CCN(C(=O)C2CC2c2ccccc2F)CC1. The van der Waals surface area contributed by atoms with E-state index in [0.29, 0.717) is 37.8 Å². The number of nitrogens with zero attached hydrogens (tertiary/aromatic N) is 2. The first-order valence-corrected chi connectivity index (χ1v) is 10.2. The van der Waals surface area contributed by atoms with E-state index in [1.165, 1.54) is 25.3 Å². The van der Waals surface area contributed by atoms with Crippen LogP contribution >= 0.6 is 0 Å². The second-order valence-corrected chi connectivity index (χ2v) is 8.07. The van der Waals surface area contributed by atoms with E-state index in [2.05, 4.69) is 5.32 Å². The van der Waals surface area contributed by atoms with Crippen LogP contribution in [-0.4, -0.2) is 54.0 Å². The molecule has 1 aromatic rings. The van der Waals surface area contributed by atoms with Gasteiger partial charge >= 0.3 is 6.03 Å². The van der Waals surface area contributed by atoms with Crippen molar-refractivity contribution >= 4 is 11.9 Å². The van der Waals surface area contributed by atoms with E-state index >= 15 is 0 Å². The summed E-state index contributed by atoms with van der Waals surface area (Å²) in [6.07, 6.45) is 6.52. The maximum absolute atomic E-state index is 13.9. The lowest BCUT2D eigenvalue weighted by Gasteiger charge is -2.36. The summed E-state index contributed by atoms with van der Waals surface area (Å²) >= 11 is 0. The molecule has 0 bridgehead atoms. The zero-order valence-electron chi connectivity index (χ0n) is 15.7. The molecule has 5 nitrogen and oxygen atoms in total. The molecule has 2 unspecified atom stereocenters. The third-order valence-electron chi connectivity index (χ3n) is 6.22. The highest BCUT2D eigenvalue weighted by molar-refractivity contribution is 5.83. The van der Waals surface area contributed by atoms with Crippen LogP contribution in [0.25, 0.3) is 0 Å². The fraction of sp³-hybridized carbons (Fsp3) is 0.619. The summed E-state index contributed by atoms with van der Waals surface area (Å²) in [6, 6.07) is 7.04. The topological polar surface area (TPSA) is 52.7 Å². The number of urea groups is 1. The maximum Gasteiger partial charge on any atom is 0.317 e. The summed E-state index contributed by atoms with van der Waals surface area (Å²) in [4.78, 5) is 28.8. The van der Waals surface area contributed by atoms with Crippen molar-refractivity contribution in [1.82, 2.24) is 15.1 Å². The molecule has 0 spiro atoms. The standard InChI is InChI=1S/C21H28FN3O2/c22-19-9-5-4-8-16(19)17-14-18(17)20(26)24-10-12-25(13-11-24)21(27)23-15-6-2-1-3-7-15/h4-5,8-9,15,17-18H,1-3,6-7,10-14H2,(H,23,27). The molecule has 0 aromatic heterocycles. The van der Waals surface area contributed by atoms with Crippen LogP contribution in [0.1, 0.15) is 50.0 Å². The first-order valence-electron chi connectivity index (χ1n) is 10.2. The van der Waals surface area contributed by atoms with Crippen molar-refractivity contribution < 1.29 is 14.0 Å². The lowest BCUT2D eigenvalue weighted by molar-refractivity contribution is -0.134. The number of benzene rings is 1. The summed E-state index contributed by atoms with van der Waals surface area (Å²) < 4.78 is 13.9.